The summed E-state index contributed by atoms with van der Waals surface area (Å²) in [7, 11) is 0. The van der Waals surface area contributed by atoms with Crippen molar-refractivity contribution in [3.8, 4) is 5.75 Å². The summed E-state index contributed by atoms with van der Waals surface area (Å²) in [5.41, 5.74) is 3.69. The average molecular weight is 601 g/mol. The molecule has 0 radical (unpaired) electrons. The van der Waals surface area contributed by atoms with Gasteiger partial charge in [0.1, 0.15) is 6.61 Å². The van der Waals surface area contributed by atoms with E-state index >= 15 is 0 Å². The Hall–Kier alpha value is -2.64. The van der Waals surface area contributed by atoms with Gasteiger partial charge < -0.3 is 9.64 Å². The SMILES string of the molecule is CCN1C(=O)/C(=C/c2cc(Cl)c(OCc3ccc(Cl)cc3)c(Cl)c2)SC1=Nc1ccc(N2CCCCC2)cc1. The lowest BCUT2D eigenvalue weighted by molar-refractivity contribution is -0.122. The predicted molar refractivity (Wildman–Crippen MR) is 165 cm³/mol. The maximum absolute atomic E-state index is 13.2. The highest BCUT2D eigenvalue weighted by molar-refractivity contribution is 8.18. The highest BCUT2D eigenvalue weighted by Crippen LogP contribution is 2.38. The third-order valence-corrected chi connectivity index (χ3v) is 8.43. The molecule has 0 bridgehead atoms. The second kappa shape index (κ2) is 12.7. The van der Waals surface area contributed by atoms with E-state index in [1.807, 2.05) is 31.2 Å². The number of piperidine rings is 1. The molecule has 3 aromatic rings. The zero-order valence-electron chi connectivity index (χ0n) is 21.5. The summed E-state index contributed by atoms with van der Waals surface area (Å²) in [5.74, 6) is 0.299. The topological polar surface area (TPSA) is 45.1 Å². The molecule has 5 nitrogen and oxygen atoms in total. The molecule has 0 saturated carbocycles. The Morgan fingerprint density at radius 1 is 0.949 bits per heavy atom. The Morgan fingerprint density at radius 2 is 1.62 bits per heavy atom. The van der Waals surface area contributed by atoms with Crippen LogP contribution in [0.3, 0.4) is 0 Å². The molecule has 0 aromatic heterocycles. The molecule has 5 rings (SSSR count). The van der Waals surface area contributed by atoms with Crippen molar-refractivity contribution in [3.63, 3.8) is 0 Å². The maximum Gasteiger partial charge on any atom is 0.266 e. The number of carbonyl (C=O) groups excluding carboxylic acids is 1. The molecule has 9 heteroatoms. The Labute approximate surface area is 248 Å². The number of ether oxygens (including phenoxy) is 1. The van der Waals surface area contributed by atoms with Crippen LogP contribution >= 0.6 is 46.6 Å². The van der Waals surface area contributed by atoms with Crippen molar-refractivity contribution in [2.45, 2.75) is 32.8 Å². The van der Waals surface area contributed by atoms with Gasteiger partial charge in [-0.2, -0.15) is 0 Å². The van der Waals surface area contributed by atoms with Gasteiger partial charge in [-0.3, -0.25) is 9.69 Å². The Bertz CT molecular complexity index is 1380. The average Bonchev–Trinajstić information content (AvgIpc) is 3.23. The fourth-order valence-electron chi connectivity index (χ4n) is 4.56. The molecule has 0 unspecified atom stereocenters. The molecule has 3 aromatic carbocycles. The highest BCUT2D eigenvalue weighted by atomic mass is 35.5. The fourth-order valence-corrected chi connectivity index (χ4v) is 6.36. The summed E-state index contributed by atoms with van der Waals surface area (Å²) < 4.78 is 5.87. The maximum atomic E-state index is 13.2. The van der Waals surface area contributed by atoms with Crippen LogP contribution < -0.4 is 9.64 Å². The van der Waals surface area contributed by atoms with Gasteiger partial charge in [0.25, 0.3) is 5.91 Å². The van der Waals surface area contributed by atoms with Crippen molar-refractivity contribution in [2.24, 2.45) is 4.99 Å². The van der Waals surface area contributed by atoms with Gasteiger partial charge in [0, 0.05) is 30.3 Å². The van der Waals surface area contributed by atoms with Gasteiger partial charge in [-0.25, -0.2) is 4.99 Å². The number of benzene rings is 3. The van der Waals surface area contributed by atoms with Gasteiger partial charge >= 0.3 is 0 Å². The Balaban J connectivity index is 1.31. The molecule has 2 saturated heterocycles. The molecule has 2 fully saturated rings. The zero-order chi connectivity index (χ0) is 27.4. The lowest BCUT2D eigenvalue weighted by Gasteiger charge is -2.28. The van der Waals surface area contributed by atoms with Crippen LogP contribution in [-0.2, 0) is 11.4 Å². The number of likely N-dealkylation sites (N-methyl/N-ethyl adjacent to an activating group) is 1. The van der Waals surface area contributed by atoms with Crippen LogP contribution in [0.25, 0.3) is 6.08 Å². The second-order valence-corrected chi connectivity index (χ2v) is 11.6. The van der Waals surface area contributed by atoms with Crippen LogP contribution in [0.4, 0.5) is 11.4 Å². The van der Waals surface area contributed by atoms with Gasteiger partial charge in [0.05, 0.1) is 20.6 Å². The molecule has 1 amide bonds. The van der Waals surface area contributed by atoms with E-state index in [-0.39, 0.29) is 5.91 Å². The third-order valence-electron chi connectivity index (χ3n) is 6.61. The first-order valence-electron chi connectivity index (χ1n) is 12.9. The second-order valence-electron chi connectivity index (χ2n) is 9.35. The first-order chi connectivity index (χ1) is 18.9. The van der Waals surface area contributed by atoms with E-state index < -0.39 is 0 Å². The minimum atomic E-state index is -0.0958. The predicted octanol–water partition coefficient (Wildman–Crippen LogP) is 8.84. The first kappa shape index (κ1) is 27.9. The molecule has 0 N–H and O–H groups in total. The number of amides is 1. The third kappa shape index (κ3) is 6.75. The number of aliphatic imine (C=N–C) groups is 1. The quantitative estimate of drug-likeness (QED) is 0.254. The van der Waals surface area contributed by atoms with E-state index in [1.165, 1.54) is 36.7 Å². The van der Waals surface area contributed by atoms with Crippen molar-refractivity contribution in [1.82, 2.24) is 4.90 Å². The van der Waals surface area contributed by atoms with E-state index in [0.29, 0.717) is 49.6 Å². The number of carbonyl (C=O) groups is 1. The molecular formula is C30H28Cl3N3O2S. The molecule has 202 valence electrons. The molecule has 0 spiro atoms. The minimum absolute atomic E-state index is 0.0958. The summed E-state index contributed by atoms with van der Waals surface area (Å²) in [6, 6.07) is 19.1. The van der Waals surface area contributed by atoms with E-state index in [4.69, 9.17) is 44.5 Å². The van der Waals surface area contributed by atoms with Gasteiger partial charge in [-0.1, -0.05) is 46.9 Å². The van der Waals surface area contributed by atoms with Gasteiger partial charge in [-0.15, -0.1) is 0 Å². The number of rotatable bonds is 7. The number of thioether (sulfide) groups is 1. The standard InChI is InChI=1S/C30H28Cl3N3O2S/c1-2-36-29(37)27(39-30(36)34-23-10-12-24(13-11-23)35-14-4-3-5-15-35)18-21-16-25(32)28(26(33)17-21)38-19-20-6-8-22(31)9-7-20/h6-13,16-18H,2-5,14-15,19H2,1H3/b27-18-,34-30?. The lowest BCUT2D eigenvalue weighted by Crippen LogP contribution is -2.29. The number of amidine groups is 1. The Kier molecular flexibility index (Phi) is 9.08. The van der Waals surface area contributed by atoms with Crippen molar-refractivity contribution in [1.29, 1.82) is 0 Å². The largest absolute Gasteiger partial charge is 0.486 e. The molecule has 39 heavy (non-hydrogen) atoms. The van der Waals surface area contributed by atoms with Crippen LogP contribution in [-0.4, -0.2) is 35.6 Å². The molecule has 0 aliphatic carbocycles. The summed E-state index contributed by atoms with van der Waals surface area (Å²) >= 11 is 20.3. The lowest BCUT2D eigenvalue weighted by atomic mass is 10.1. The van der Waals surface area contributed by atoms with E-state index in [9.17, 15) is 4.79 Å². The van der Waals surface area contributed by atoms with Crippen molar-refractivity contribution in [3.05, 3.63) is 91.8 Å². The molecule has 2 aliphatic rings. The number of halogens is 3. The van der Waals surface area contributed by atoms with Crippen LogP contribution in [0.15, 0.2) is 70.6 Å². The van der Waals surface area contributed by atoms with Gasteiger partial charge in [-0.05, 0) is 104 Å². The highest BCUT2D eigenvalue weighted by Gasteiger charge is 2.32. The summed E-state index contributed by atoms with van der Waals surface area (Å²) in [5, 5.41) is 2.05. The smallest absolute Gasteiger partial charge is 0.266 e. The fraction of sp³-hybridized carbons (Fsp3) is 0.267. The summed E-state index contributed by atoms with van der Waals surface area (Å²) in [6.45, 7) is 4.96. The van der Waals surface area contributed by atoms with Gasteiger partial charge in [0.15, 0.2) is 10.9 Å². The van der Waals surface area contributed by atoms with E-state index in [2.05, 4.69) is 17.0 Å². The van der Waals surface area contributed by atoms with Crippen LogP contribution in [0.2, 0.25) is 15.1 Å². The molecule has 2 heterocycles. The van der Waals surface area contributed by atoms with E-state index in [1.54, 1.807) is 35.2 Å². The summed E-state index contributed by atoms with van der Waals surface area (Å²) in [4.78, 5) is 22.6. The van der Waals surface area contributed by atoms with Crippen molar-refractivity contribution in [2.75, 3.05) is 24.5 Å². The van der Waals surface area contributed by atoms with Crippen molar-refractivity contribution < 1.29 is 9.53 Å². The van der Waals surface area contributed by atoms with E-state index in [0.717, 1.165) is 24.3 Å². The number of anilines is 1. The minimum Gasteiger partial charge on any atom is -0.486 e. The monoisotopic (exact) mass is 599 g/mol. The van der Waals surface area contributed by atoms with Crippen LogP contribution in [0.5, 0.6) is 5.75 Å². The van der Waals surface area contributed by atoms with Gasteiger partial charge in [0.2, 0.25) is 0 Å². The molecule has 2 aliphatic heterocycles. The number of nitrogens with zero attached hydrogens (tertiary/aromatic N) is 3. The van der Waals surface area contributed by atoms with Crippen LogP contribution in [0.1, 0.15) is 37.3 Å². The first-order valence-corrected chi connectivity index (χ1v) is 14.9. The number of hydrogen-bond acceptors (Lipinski definition) is 5. The Morgan fingerprint density at radius 3 is 2.26 bits per heavy atom. The van der Waals surface area contributed by atoms with Crippen LogP contribution in [0, 0.1) is 0 Å². The molecule has 0 atom stereocenters. The van der Waals surface area contributed by atoms with Crippen molar-refractivity contribution >= 4 is 75.1 Å². The zero-order valence-corrected chi connectivity index (χ0v) is 24.6. The summed E-state index contributed by atoms with van der Waals surface area (Å²) in [6.07, 6.45) is 5.56. The normalized spacial score (nSPS) is 17.9. The number of hydrogen-bond donors (Lipinski definition) is 0. The molecular weight excluding hydrogens is 573 g/mol.